The average Bonchev–Trinajstić information content (AvgIpc) is 2.93. The highest BCUT2D eigenvalue weighted by Gasteiger charge is 2.22. The van der Waals surface area contributed by atoms with Crippen molar-refractivity contribution in [2.75, 3.05) is 25.2 Å². The zero-order valence-electron chi connectivity index (χ0n) is 23.3. The third-order valence-electron chi connectivity index (χ3n) is 5.97. The summed E-state index contributed by atoms with van der Waals surface area (Å²) >= 11 is 0. The van der Waals surface area contributed by atoms with Crippen molar-refractivity contribution in [3.8, 4) is 0 Å². The summed E-state index contributed by atoms with van der Waals surface area (Å²) in [5, 5.41) is 14.8. The molecule has 0 bridgehead atoms. The van der Waals surface area contributed by atoms with Crippen LogP contribution in [-0.4, -0.2) is 71.7 Å². The molecule has 13 nitrogen and oxygen atoms in total. The number of nitrogens with one attached hydrogen (secondary N) is 2. The fraction of sp³-hybridized carbons (Fsp3) is 0.444. The smallest absolute Gasteiger partial charge is 0.326 e. The third-order valence-corrected chi connectivity index (χ3v) is 5.97. The van der Waals surface area contributed by atoms with Crippen LogP contribution in [0.2, 0.25) is 0 Å². The average molecular weight is 554 g/mol. The van der Waals surface area contributed by atoms with E-state index in [2.05, 4.69) is 51.2 Å². The second-order valence-corrected chi connectivity index (χ2v) is 9.61. The first kappa shape index (κ1) is 31.8. The molecule has 2 aromatic rings. The van der Waals surface area contributed by atoms with E-state index >= 15 is 0 Å². The summed E-state index contributed by atoms with van der Waals surface area (Å²) in [5.41, 5.74) is 13.3. The molecule has 1 aromatic carbocycles. The summed E-state index contributed by atoms with van der Waals surface area (Å²) < 4.78 is 0. The maximum absolute atomic E-state index is 12.7. The van der Waals surface area contributed by atoms with E-state index in [4.69, 9.17) is 11.5 Å². The number of carbonyl (C=O) groups excluding carboxylic acids is 2. The van der Waals surface area contributed by atoms with Crippen LogP contribution in [0.5, 0.6) is 0 Å². The molecule has 0 fully saturated rings. The minimum Gasteiger partial charge on any atom is -0.480 e. The molecule has 0 spiro atoms. The van der Waals surface area contributed by atoms with Gasteiger partial charge in [0.05, 0.1) is 25.1 Å². The van der Waals surface area contributed by atoms with Crippen molar-refractivity contribution >= 4 is 41.8 Å². The van der Waals surface area contributed by atoms with Crippen LogP contribution in [-0.2, 0) is 16.1 Å². The summed E-state index contributed by atoms with van der Waals surface area (Å²) in [7, 11) is 1.84. The number of amidine groups is 1. The number of amides is 2. The molecule has 1 atom stereocenters. The number of rotatable bonds is 16. The van der Waals surface area contributed by atoms with Crippen LogP contribution in [0.15, 0.2) is 40.4 Å². The SMILES string of the molecule is C=Nc1ncc(CN(C)c2ccc(C(=O)NC(CCC(=O)NCCCC(C)C)C(=O)O)cc2)nc1/C(N)=N\CN. The van der Waals surface area contributed by atoms with Gasteiger partial charge >= 0.3 is 5.97 Å². The van der Waals surface area contributed by atoms with Gasteiger partial charge in [-0.1, -0.05) is 13.8 Å². The lowest BCUT2D eigenvalue weighted by Crippen LogP contribution is -2.41. The molecule has 1 heterocycles. The fourth-order valence-corrected chi connectivity index (χ4v) is 3.76. The Morgan fingerprint density at radius 2 is 1.88 bits per heavy atom. The molecule has 0 saturated heterocycles. The molecular formula is C27H39N9O4. The number of hydrogen-bond acceptors (Lipinski definition) is 9. The molecule has 1 aromatic heterocycles. The number of aliphatic imine (C=N–C) groups is 2. The summed E-state index contributed by atoms with van der Waals surface area (Å²) in [6.07, 6.45) is 3.40. The largest absolute Gasteiger partial charge is 0.480 e. The number of benzene rings is 1. The Hall–Kier alpha value is -4.39. The number of hydrogen-bond donors (Lipinski definition) is 5. The molecule has 0 aliphatic rings. The number of nitrogens with two attached hydrogens (primary N) is 2. The number of nitrogens with zero attached hydrogens (tertiary/aromatic N) is 5. The summed E-state index contributed by atoms with van der Waals surface area (Å²) in [5.74, 6) is -1.07. The van der Waals surface area contributed by atoms with Gasteiger partial charge in [0.15, 0.2) is 5.82 Å². The van der Waals surface area contributed by atoms with Crippen LogP contribution < -0.4 is 27.0 Å². The summed E-state index contributed by atoms with van der Waals surface area (Å²) in [4.78, 5) is 54.8. The van der Waals surface area contributed by atoms with Crippen LogP contribution in [0, 0.1) is 5.92 Å². The van der Waals surface area contributed by atoms with Crippen molar-refractivity contribution in [2.45, 2.75) is 52.1 Å². The Kier molecular flexibility index (Phi) is 12.6. The van der Waals surface area contributed by atoms with Gasteiger partial charge in [0.1, 0.15) is 17.6 Å². The van der Waals surface area contributed by atoms with E-state index in [1.54, 1.807) is 30.5 Å². The first-order valence-electron chi connectivity index (χ1n) is 13.0. The molecule has 0 aliphatic heterocycles. The molecule has 7 N–H and O–H groups in total. The van der Waals surface area contributed by atoms with Crippen LogP contribution >= 0.6 is 0 Å². The van der Waals surface area contributed by atoms with E-state index in [9.17, 15) is 19.5 Å². The minimum absolute atomic E-state index is 0.000825. The lowest BCUT2D eigenvalue weighted by Gasteiger charge is -2.20. The van der Waals surface area contributed by atoms with Gasteiger partial charge in [-0.2, -0.15) is 0 Å². The molecule has 40 heavy (non-hydrogen) atoms. The van der Waals surface area contributed by atoms with Crippen LogP contribution in [0.4, 0.5) is 11.5 Å². The van der Waals surface area contributed by atoms with Gasteiger partial charge < -0.3 is 32.1 Å². The first-order chi connectivity index (χ1) is 19.0. The lowest BCUT2D eigenvalue weighted by atomic mass is 10.1. The van der Waals surface area contributed by atoms with Gasteiger partial charge in [-0.25, -0.2) is 19.8 Å². The van der Waals surface area contributed by atoms with Crippen molar-refractivity contribution in [3.63, 3.8) is 0 Å². The van der Waals surface area contributed by atoms with Gasteiger partial charge in [0.2, 0.25) is 5.91 Å². The van der Waals surface area contributed by atoms with E-state index in [0.29, 0.717) is 24.7 Å². The second kappa shape index (κ2) is 15.9. The standard InChI is InChI=1S/C27H39N9O4/c1-17(2)6-5-13-31-22(37)12-11-21(27(39)40)35-26(38)18-7-9-20(10-8-18)36(4)15-19-14-32-25(30-3)23(34-19)24(29)33-16-28/h7-10,14,17,21H,3,5-6,11-13,15-16,28H2,1-2,4H3,(H2,29,33)(H,31,37)(H,35,38)(H,39,40). The predicted molar refractivity (Wildman–Crippen MR) is 155 cm³/mol. The zero-order valence-corrected chi connectivity index (χ0v) is 23.3. The molecule has 0 radical (unpaired) electrons. The monoisotopic (exact) mass is 553 g/mol. The van der Waals surface area contributed by atoms with E-state index in [-0.39, 0.29) is 48.3 Å². The predicted octanol–water partition coefficient (Wildman–Crippen LogP) is 1.58. The molecule has 2 amide bonds. The Labute approximate surface area is 234 Å². The molecule has 13 heteroatoms. The summed E-state index contributed by atoms with van der Waals surface area (Å²) in [6.45, 7) is 8.59. The van der Waals surface area contributed by atoms with E-state index < -0.39 is 17.9 Å². The quantitative estimate of drug-likeness (QED) is 0.116. The van der Waals surface area contributed by atoms with Crippen LogP contribution in [0.1, 0.15) is 61.3 Å². The Bertz CT molecular complexity index is 1200. The third kappa shape index (κ3) is 10.1. The summed E-state index contributed by atoms with van der Waals surface area (Å²) in [6, 6.07) is 5.46. The Morgan fingerprint density at radius 1 is 1.18 bits per heavy atom. The maximum Gasteiger partial charge on any atom is 0.326 e. The van der Waals surface area contributed by atoms with Crippen molar-refractivity contribution in [3.05, 3.63) is 47.4 Å². The number of aliphatic carboxylic acids is 1. The van der Waals surface area contributed by atoms with Gasteiger partial charge in [0.25, 0.3) is 5.91 Å². The van der Waals surface area contributed by atoms with Crippen LogP contribution in [0.25, 0.3) is 0 Å². The van der Waals surface area contributed by atoms with E-state index in [1.165, 1.54) is 0 Å². The topological polar surface area (TPSA) is 201 Å². The van der Waals surface area contributed by atoms with Crippen molar-refractivity contribution in [2.24, 2.45) is 27.4 Å². The molecule has 2 rings (SSSR count). The second-order valence-electron chi connectivity index (χ2n) is 9.61. The van der Waals surface area contributed by atoms with Crippen molar-refractivity contribution < 1.29 is 19.5 Å². The number of aromatic nitrogens is 2. The van der Waals surface area contributed by atoms with Gasteiger partial charge in [-0.05, 0) is 56.2 Å². The first-order valence-corrected chi connectivity index (χ1v) is 13.0. The normalized spacial score (nSPS) is 12.1. The van der Waals surface area contributed by atoms with Crippen molar-refractivity contribution in [1.82, 2.24) is 20.6 Å². The highest BCUT2D eigenvalue weighted by molar-refractivity contribution is 5.99. The highest BCUT2D eigenvalue weighted by atomic mass is 16.4. The fourth-order valence-electron chi connectivity index (χ4n) is 3.76. The maximum atomic E-state index is 12.7. The number of anilines is 1. The van der Waals surface area contributed by atoms with Gasteiger partial charge in [-0.15, -0.1) is 0 Å². The highest BCUT2D eigenvalue weighted by Crippen LogP contribution is 2.18. The van der Waals surface area contributed by atoms with Crippen molar-refractivity contribution in [1.29, 1.82) is 0 Å². The lowest BCUT2D eigenvalue weighted by molar-refractivity contribution is -0.139. The Morgan fingerprint density at radius 3 is 2.48 bits per heavy atom. The number of carboxylic acids is 1. The molecule has 0 aliphatic carbocycles. The molecule has 0 saturated carbocycles. The zero-order chi connectivity index (χ0) is 29.7. The van der Waals surface area contributed by atoms with Crippen LogP contribution in [0.3, 0.4) is 0 Å². The minimum atomic E-state index is -1.20. The van der Waals surface area contributed by atoms with E-state index in [0.717, 1.165) is 18.5 Å². The number of carbonyl (C=O) groups is 3. The van der Waals surface area contributed by atoms with Gasteiger partial charge in [0, 0.05) is 31.3 Å². The molecule has 216 valence electrons. The molecular weight excluding hydrogens is 514 g/mol. The van der Waals surface area contributed by atoms with Gasteiger partial charge in [-0.3, -0.25) is 14.6 Å². The molecule has 1 unspecified atom stereocenters. The number of carboxylic acid groups (broad SMARTS) is 1. The Balaban J connectivity index is 1.97. The van der Waals surface area contributed by atoms with E-state index in [1.807, 2.05) is 11.9 Å².